The zero-order valence-corrected chi connectivity index (χ0v) is 19.0. The van der Waals surface area contributed by atoms with Gasteiger partial charge in [0.25, 0.3) is 5.91 Å². The number of carbonyl (C=O) groups is 3. The fraction of sp³-hybridized carbons (Fsp3) is 0.348. The van der Waals surface area contributed by atoms with Crippen molar-refractivity contribution >= 4 is 17.8 Å². The molecule has 1 amide bonds. The van der Waals surface area contributed by atoms with Gasteiger partial charge in [0.15, 0.2) is 0 Å². The topological polar surface area (TPSA) is 117 Å². The van der Waals surface area contributed by atoms with E-state index in [9.17, 15) is 18.0 Å². The molecule has 0 atom stereocenters. The van der Waals surface area contributed by atoms with Crippen LogP contribution < -0.4 is 9.47 Å². The number of halogens is 3. The van der Waals surface area contributed by atoms with E-state index in [1.807, 2.05) is 0 Å². The van der Waals surface area contributed by atoms with Crippen LogP contribution in [0, 0.1) is 0 Å². The molecule has 1 heterocycles. The van der Waals surface area contributed by atoms with Gasteiger partial charge in [-0.15, -0.1) is 0 Å². The Labute approximate surface area is 199 Å². The number of hydrogen-bond acceptors (Lipinski definition) is 6. The molecule has 0 aliphatic carbocycles. The smallest absolute Gasteiger partial charge is 0.416 e. The quantitative estimate of drug-likeness (QED) is 0.605. The second-order valence-electron chi connectivity index (χ2n) is 7.47. The molecule has 2 N–H and O–H groups in total. The number of amides is 1. The average Bonchev–Trinajstić information content (AvgIpc) is 2.83. The number of carboxylic acid groups (broad SMARTS) is 2. The summed E-state index contributed by atoms with van der Waals surface area (Å²) in [5.74, 6) is -2.65. The van der Waals surface area contributed by atoms with E-state index in [2.05, 4.69) is 4.90 Å². The highest BCUT2D eigenvalue weighted by Crippen LogP contribution is 2.29. The van der Waals surface area contributed by atoms with Gasteiger partial charge in [0.1, 0.15) is 11.5 Å². The monoisotopic (exact) mass is 498 g/mol. The maximum atomic E-state index is 12.8. The minimum atomic E-state index is -4.33. The van der Waals surface area contributed by atoms with Crippen molar-refractivity contribution in [3.8, 4) is 11.5 Å². The van der Waals surface area contributed by atoms with Gasteiger partial charge in [-0.1, -0.05) is 12.1 Å². The number of ether oxygens (including phenoxy) is 2. The summed E-state index contributed by atoms with van der Waals surface area (Å²) in [7, 11) is 3.06. The van der Waals surface area contributed by atoms with E-state index in [0.29, 0.717) is 49.8 Å². The summed E-state index contributed by atoms with van der Waals surface area (Å²) in [6.07, 6.45) is -4.33. The maximum absolute atomic E-state index is 12.8. The third-order valence-electron chi connectivity index (χ3n) is 5.13. The molecule has 0 saturated carbocycles. The first-order valence-electron chi connectivity index (χ1n) is 10.3. The molecule has 0 bridgehead atoms. The molecule has 0 spiro atoms. The molecule has 12 heteroatoms. The van der Waals surface area contributed by atoms with Crippen molar-refractivity contribution in [2.45, 2.75) is 12.7 Å². The standard InChI is InChI=1S/C21H23F3N2O3.C2H2O4/c1-28-18-11-16(12-19(13-18)29-2)20(27)26-9-7-25(8-10-26)14-15-3-5-17(6-4-15)21(22,23)24;3-1(4)2(5)6/h3-6,11-13H,7-10,14H2,1-2H3;(H,3,4)(H,5,6). The lowest BCUT2D eigenvalue weighted by atomic mass is 10.1. The first-order valence-corrected chi connectivity index (χ1v) is 10.3. The van der Waals surface area contributed by atoms with Gasteiger partial charge in [-0.25, -0.2) is 9.59 Å². The van der Waals surface area contributed by atoms with Crippen molar-refractivity contribution in [3.05, 3.63) is 59.2 Å². The molecule has 35 heavy (non-hydrogen) atoms. The Morgan fingerprint density at radius 1 is 0.857 bits per heavy atom. The van der Waals surface area contributed by atoms with Gasteiger partial charge in [0, 0.05) is 44.4 Å². The van der Waals surface area contributed by atoms with Crippen LogP contribution in [0.5, 0.6) is 11.5 Å². The predicted molar refractivity (Wildman–Crippen MR) is 117 cm³/mol. The van der Waals surface area contributed by atoms with Gasteiger partial charge in [-0.3, -0.25) is 9.69 Å². The lowest BCUT2D eigenvalue weighted by Gasteiger charge is -2.35. The molecule has 9 nitrogen and oxygen atoms in total. The molecule has 190 valence electrons. The van der Waals surface area contributed by atoms with Gasteiger partial charge in [0.2, 0.25) is 0 Å². The molecule has 1 aliphatic rings. The Hall–Kier alpha value is -3.80. The molecule has 2 aromatic carbocycles. The second kappa shape index (κ2) is 12.1. The van der Waals surface area contributed by atoms with Crippen molar-refractivity contribution in [1.82, 2.24) is 9.80 Å². The van der Waals surface area contributed by atoms with Gasteiger partial charge in [0.05, 0.1) is 19.8 Å². The number of nitrogens with zero attached hydrogens (tertiary/aromatic N) is 2. The molecule has 1 aliphatic heterocycles. The second-order valence-corrected chi connectivity index (χ2v) is 7.47. The number of alkyl halides is 3. The van der Waals surface area contributed by atoms with Crippen molar-refractivity contribution in [3.63, 3.8) is 0 Å². The Kier molecular flexibility index (Phi) is 9.46. The van der Waals surface area contributed by atoms with E-state index in [4.69, 9.17) is 29.3 Å². The molecule has 3 rings (SSSR count). The number of carboxylic acids is 2. The van der Waals surface area contributed by atoms with Gasteiger partial charge in [-0.2, -0.15) is 13.2 Å². The Morgan fingerprint density at radius 3 is 1.74 bits per heavy atom. The molecule has 1 fully saturated rings. The minimum absolute atomic E-state index is 0.101. The van der Waals surface area contributed by atoms with E-state index in [0.717, 1.165) is 17.7 Å². The zero-order chi connectivity index (χ0) is 26.2. The maximum Gasteiger partial charge on any atom is 0.416 e. The Balaban J connectivity index is 0.000000641. The molecular weight excluding hydrogens is 473 g/mol. The number of hydrogen-bond donors (Lipinski definition) is 2. The Bertz CT molecular complexity index is 1000. The lowest BCUT2D eigenvalue weighted by Crippen LogP contribution is -2.48. The normalized spacial score (nSPS) is 13.9. The van der Waals surface area contributed by atoms with Gasteiger partial charge < -0.3 is 24.6 Å². The van der Waals surface area contributed by atoms with E-state index in [-0.39, 0.29) is 5.91 Å². The predicted octanol–water partition coefficient (Wildman–Crippen LogP) is 2.84. The summed E-state index contributed by atoms with van der Waals surface area (Å²) >= 11 is 0. The molecule has 2 aromatic rings. The molecule has 0 unspecified atom stereocenters. The van der Waals surface area contributed by atoms with Crippen molar-refractivity contribution in [2.24, 2.45) is 0 Å². The van der Waals surface area contributed by atoms with Crippen LogP contribution in [0.1, 0.15) is 21.5 Å². The van der Waals surface area contributed by atoms with Crippen LogP contribution in [-0.4, -0.2) is 78.3 Å². The van der Waals surface area contributed by atoms with Crippen LogP contribution in [0.2, 0.25) is 0 Å². The van der Waals surface area contributed by atoms with Crippen LogP contribution in [0.4, 0.5) is 13.2 Å². The number of piperazine rings is 1. The summed E-state index contributed by atoms with van der Waals surface area (Å²) in [5, 5.41) is 14.8. The number of carbonyl (C=O) groups excluding carboxylic acids is 1. The lowest BCUT2D eigenvalue weighted by molar-refractivity contribution is -0.159. The fourth-order valence-corrected chi connectivity index (χ4v) is 3.28. The van der Waals surface area contributed by atoms with Crippen LogP contribution in [0.15, 0.2) is 42.5 Å². The first-order chi connectivity index (χ1) is 16.4. The molecule has 1 saturated heterocycles. The number of aliphatic carboxylic acids is 2. The van der Waals surface area contributed by atoms with Crippen molar-refractivity contribution in [1.29, 1.82) is 0 Å². The molecule has 0 aromatic heterocycles. The van der Waals surface area contributed by atoms with Gasteiger partial charge in [-0.05, 0) is 29.8 Å². The Morgan fingerprint density at radius 2 is 1.34 bits per heavy atom. The zero-order valence-electron chi connectivity index (χ0n) is 19.0. The van der Waals surface area contributed by atoms with E-state index >= 15 is 0 Å². The number of benzene rings is 2. The van der Waals surface area contributed by atoms with Crippen molar-refractivity contribution in [2.75, 3.05) is 40.4 Å². The largest absolute Gasteiger partial charge is 0.497 e. The summed E-state index contributed by atoms with van der Waals surface area (Å²) in [6, 6.07) is 10.3. The third-order valence-corrected chi connectivity index (χ3v) is 5.13. The highest BCUT2D eigenvalue weighted by molar-refractivity contribution is 6.27. The third kappa shape index (κ3) is 8.18. The van der Waals surface area contributed by atoms with Crippen LogP contribution in [-0.2, 0) is 22.3 Å². The van der Waals surface area contributed by atoms with Crippen molar-refractivity contribution < 1.29 is 47.2 Å². The highest BCUT2D eigenvalue weighted by atomic mass is 19.4. The van der Waals surface area contributed by atoms with E-state index in [1.54, 1.807) is 23.1 Å². The van der Waals surface area contributed by atoms with Crippen LogP contribution in [0.3, 0.4) is 0 Å². The van der Waals surface area contributed by atoms with Crippen LogP contribution >= 0.6 is 0 Å². The minimum Gasteiger partial charge on any atom is -0.497 e. The highest BCUT2D eigenvalue weighted by Gasteiger charge is 2.30. The summed E-state index contributed by atoms with van der Waals surface area (Å²) in [4.78, 5) is 34.9. The fourth-order valence-electron chi connectivity index (χ4n) is 3.28. The van der Waals surface area contributed by atoms with Crippen LogP contribution in [0.25, 0.3) is 0 Å². The summed E-state index contributed by atoms with van der Waals surface area (Å²) < 4.78 is 48.4. The summed E-state index contributed by atoms with van der Waals surface area (Å²) in [6.45, 7) is 2.92. The molecular formula is C23H25F3N2O7. The van der Waals surface area contributed by atoms with E-state index in [1.165, 1.54) is 26.4 Å². The van der Waals surface area contributed by atoms with Gasteiger partial charge >= 0.3 is 18.1 Å². The number of methoxy groups -OCH3 is 2. The number of rotatable bonds is 5. The SMILES string of the molecule is COc1cc(OC)cc(C(=O)N2CCN(Cc3ccc(C(F)(F)F)cc3)CC2)c1.O=C(O)C(=O)O. The van der Waals surface area contributed by atoms with E-state index < -0.39 is 23.7 Å². The molecule has 0 radical (unpaired) electrons. The first kappa shape index (κ1) is 27.4. The average molecular weight is 498 g/mol. The summed E-state index contributed by atoms with van der Waals surface area (Å²) in [5.41, 5.74) is 0.665.